The lowest BCUT2D eigenvalue weighted by Gasteiger charge is -2.38. The normalized spacial score (nSPS) is 26.3. The van der Waals surface area contributed by atoms with Crippen LogP contribution in [-0.2, 0) is 13.6 Å². The fourth-order valence-electron chi connectivity index (χ4n) is 2.87. The van der Waals surface area contributed by atoms with Crippen LogP contribution in [0, 0.1) is 11.3 Å². The zero-order valence-corrected chi connectivity index (χ0v) is 13.5. The molecule has 108 valence electrons. The number of hydrogen-bond acceptors (Lipinski definition) is 3. The van der Waals surface area contributed by atoms with Crippen molar-refractivity contribution in [2.24, 2.45) is 11.3 Å². The van der Waals surface area contributed by atoms with E-state index in [1.165, 1.54) is 0 Å². The maximum absolute atomic E-state index is 12.7. The average Bonchev–Trinajstić information content (AvgIpc) is 2.29. The Morgan fingerprint density at radius 1 is 1.00 bits per heavy atom. The van der Waals surface area contributed by atoms with Gasteiger partial charge in [0.2, 0.25) is 0 Å². The van der Waals surface area contributed by atoms with E-state index < -0.39 is 7.60 Å². The molecular weight excluding hydrogens is 247 g/mol. The van der Waals surface area contributed by atoms with Crippen molar-refractivity contribution >= 4 is 7.60 Å². The van der Waals surface area contributed by atoms with Crippen LogP contribution in [0.15, 0.2) is 0 Å². The molecule has 18 heavy (non-hydrogen) atoms. The van der Waals surface area contributed by atoms with Gasteiger partial charge in [0, 0.05) is 0 Å². The molecule has 0 spiro atoms. The van der Waals surface area contributed by atoms with Gasteiger partial charge in [0.15, 0.2) is 0 Å². The highest BCUT2D eigenvalue weighted by atomic mass is 31.2. The molecular formula is C14H29O3P. The van der Waals surface area contributed by atoms with Crippen molar-refractivity contribution < 1.29 is 13.6 Å². The molecule has 0 radical (unpaired) electrons. The van der Waals surface area contributed by atoms with E-state index in [9.17, 15) is 4.57 Å². The molecule has 0 saturated heterocycles. The summed E-state index contributed by atoms with van der Waals surface area (Å²) in [7, 11) is -2.87. The molecule has 0 amide bonds. The Kier molecular flexibility index (Phi) is 5.89. The van der Waals surface area contributed by atoms with Crippen LogP contribution in [0.3, 0.4) is 0 Å². The van der Waals surface area contributed by atoms with Crippen molar-refractivity contribution in [3.05, 3.63) is 0 Å². The maximum atomic E-state index is 12.7. The summed E-state index contributed by atoms with van der Waals surface area (Å²) in [6.07, 6.45) is 4.22. The van der Waals surface area contributed by atoms with E-state index in [2.05, 4.69) is 20.8 Å². The fourth-order valence-corrected chi connectivity index (χ4v) is 5.01. The maximum Gasteiger partial charge on any atom is 0.333 e. The van der Waals surface area contributed by atoms with E-state index in [4.69, 9.17) is 9.05 Å². The Hall–Kier alpha value is 0.150. The predicted molar refractivity (Wildman–Crippen MR) is 76.1 cm³/mol. The van der Waals surface area contributed by atoms with Gasteiger partial charge in [-0.3, -0.25) is 4.57 Å². The summed E-state index contributed by atoms with van der Waals surface area (Å²) < 4.78 is 23.6. The Balaban J connectivity index is 2.62. The second kappa shape index (κ2) is 6.54. The predicted octanol–water partition coefficient (Wildman–Crippen LogP) is 4.86. The first-order valence-corrected chi connectivity index (χ1v) is 8.83. The minimum Gasteiger partial charge on any atom is -0.309 e. The molecule has 1 aliphatic rings. The van der Waals surface area contributed by atoms with Crippen LogP contribution in [0.2, 0.25) is 0 Å². The molecule has 4 heteroatoms. The first-order valence-electron chi connectivity index (χ1n) is 7.22. The van der Waals surface area contributed by atoms with Crippen molar-refractivity contribution in [3.63, 3.8) is 0 Å². The molecule has 0 bridgehead atoms. The average molecular weight is 276 g/mol. The van der Waals surface area contributed by atoms with Gasteiger partial charge in [-0.2, -0.15) is 0 Å². The van der Waals surface area contributed by atoms with E-state index in [1.807, 2.05) is 13.8 Å². The largest absolute Gasteiger partial charge is 0.333 e. The molecule has 0 aromatic heterocycles. The highest BCUT2D eigenvalue weighted by Gasteiger charge is 2.40. The van der Waals surface area contributed by atoms with E-state index in [-0.39, 0.29) is 5.66 Å². The van der Waals surface area contributed by atoms with Gasteiger partial charge in [-0.25, -0.2) is 0 Å². The Bertz CT molecular complexity index is 278. The summed E-state index contributed by atoms with van der Waals surface area (Å²) in [5.41, 5.74) is 0.461. The summed E-state index contributed by atoms with van der Waals surface area (Å²) in [6.45, 7) is 11.6. The summed E-state index contributed by atoms with van der Waals surface area (Å²) >= 11 is 0. The van der Waals surface area contributed by atoms with Crippen LogP contribution in [-0.4, -0.2) is 18.9 Å². The lowest BCUT2D eigenvalue weighted by molar-refractivity contribution is 0.160. The highest BCUT2D eigenvalue weighted by Crippen LogP contribution is 2.58. The molecule has 0 aromatic rings. The zero-order chi connectivity index (χ0) is 13.8. The molecule has 1 saturated carbocycles. The lowest BCUT2D eigenvalue weighted by atomic mass is 9.72. The van der Waals surface area contributed by atoms with Crippen molar-refractivity contribution in [1.29, 1.82) is 0 Å². The molecule has 1 aliphatic carbocycles. The lowest BCUT2D eigenvalue weighted by Crippen LogP contribution is -2.28. The zero-order valence-electron chi connectivity index (χ0n) is 12.6. The number of rotatable bonds is 5. The Morgan fingerprint density at radius 2 is 1.44 bits per heavy atom. The Labute approximate surface area is 112 Å². The van der Waals surface area contributed by atoms with Crippen LogP contribution in [0.25, 0.3) is 0 Å². The van der Waals surface area contributed by atoms with Crippen molar-refractivity contribution in [3.8, 4) is 0 Å². The van der Waals surface area contributed by atoms with Gasteiger partial charge in [0.25, 0.3) is 0 Å². The van der Waals surface area contributed by atoms with Crippen LogP contribution in [0.1, 0.15) is 60.3 Å². The van der Waals surface area contributed by atoms with Crippen molar-refractivity contribution in [2.45, 2.75) is 66.0 Å². The van der Waals surface area contributed by atoms with Crippen LogP contribution >= 0.6 is 7.60 Å². The van der Waals surface area contributed by atoms with Gasteiger partial charge in [-0.1, -0.05) is 20.8 Å². The SMILES string of the molecule is CCOP(=O)(OCC)C1CCC(C(C)(C)C)CC1. The fraction of sp³-hybridized carbons (Fsp3) is 1.00. The van der Waals surface area contributed by atoms with Crippen molar-refractivity contribution in [2.75, 3.05) is 13.2 Å². The minimum atomic E-state index is -2.87. The molecule has 1 fully saturated rings. The molecule has 0 aromatic carbocycles. The second-order valence-corrected chi connectivity index (χ2v) is 8.57. The van der Waals surface area contributed by atoms with Gasteiger partial charge >= 0.3 is 7.60 Å². The quantitative estimate of drug-likeness (QED) is 0.673. The monoisotopic (exact) mass is 276 g/mol. The smallest absolute Gasteiger partial charge is 0.309 e. The van der Waals surface area contributed by atoms with E-state index in [0.29, 0.717) is 18.6 Å². The van der Waals surface area contributed by atoms with E-state index in [0.717, 1.165) is 31.6 Å². The van der Waals surface area contributed by atoms with Gasteiger partial charge < -0.3 is 9.05 Å². The number of hydrogen-bond donors (Lipinski definition) is 0. The third-order valence-electron chi connectivity index (χ3n) is 3.99. The summed E-state index contributed by atoms with van der Waals surface area (Å²) in [5, 5.41) is 0. The minimum absolute atomic E-state index is 0.107. The summed E-state index contributed by atoms with van der Waals surface area (Å²) in [5.74, 6) is 0.727. The van der Waals surface area contributed by atoms with E-state index >= 15 is 0 Å². The van der Waals surface area contributed by atoms with Crippen LogP contribution < -0.4 is 0 Å². The topological polar surface area (TPSA) is 35.5 Å². The molecule has 0 N–H and O–H groups in total. The molecule has 3 nitrogen and oxygen atoms in total. The molecule has 0 atom stereocenters. The van der Waals surface area contributed by atoms with Gasteiger partial charge in [-0.05, 0) is 50.9 Å². The highest BCUT2D eigenvalue weighted by molar-refractivity contribution is 7.54. The third-order valence-corrected chi connectivity index (χ3v) is 6.63. The molecule has 0 heterocycles. The molecule has 1 rings (SSSR count). The molecule has 0 unspecified atom stereocenters. The Morgan fingerprint density at radius 3 is 1.78 bits per heavy atom. The van der Waals surface area contributed by atoms with E-state index in [1.54, 1.807) is 0 Å². The van der Waals surface area contributed by atoms with Gasteiger partial charge in [0.1, 0.15) is 0 Å². The van der Waals surface area contributed by atoms with Crippen LogP contribution in [0.4, 0.5) is 0 Å². The third kappa shape index (κ3) is 4.08. The van der Waals surface area contributed by atoms with Crippen molar-refractivity contribution in [1.82, 2.24) is 0 Å². The summed E-state index contributed by atoms with van der Waals surface area (Å²) in [4.78, 5) is 0. The van der Waals surface area contributed by atoms with Crippen LogP contribution in [0.5, 0.6) is 0 Å². The van der Waals surface area contributed by atoms with Gasteiger partial charge in [0.05, 0.1) is 18.9 Å². The first-order chi connectivity index (χ1) is 8.33. The van der Waals surface area contributed by atoms with Gasteiger partial charge in [-0.15, -0.1) is 0 Å². The standard InChI is InChI=1S/C14H29O3P/c1-6-16-18(15,17-7-2)13-10-8-12(9-11-13)14(3,4)5/h12-13H,6-11H2,1-5H3. The second-order valence-electron chi connectivity index (χ2n) is 6.25. The summed E-state index contributed by atoms with van der Waals surface area (Å²) in [6, 6.07) is 0. The molecule has 0 aliphatic heterocycles. The first kappa shape index (κ1) is 16.2.